The fourth-order valence-electron chi connectivity index (χ4n) is 2.05. The van der Waals surface area contributed by atoms with Gasteiger partial charge >= 0.3 is 6.03 Å². The average Bonchev–Trinajstić information content (AvgIpc) is 2.41. The molecule has 1 aromatic rings. The Bertz CT molecular complexity index is 501. The van der Waals surface area contributed by atoms with Gasteiger partial charge < -0.3 is 10.2 Å². The summed E-state index contributed by atoms with van der Waals surface area (Å²) >= 11 is 5.72. The van der Waals surface area contributed by atoms with Gasteiger partial charge in [-0.05, 0) is 31.4 Å². The van der Waals surface area contributed by atoms with Crippen molar-refractivity contribution in [2.24, 2.45) is 0 Å². The first kappa shape index (κ1) is 13.6. The normalized spacial score (nSPS) is 15.1. The third kappa shape index (κ3) is 3.35. The SMILES string of the molecule is O=C(Nc1ccc(Cl)cc1[N+](=O)[O-])N1CCCCC1. The van der Waals surface area contributed by atoms with Crippen LogP contribution in [0.25, 0.3) is 0 Å². The van der Waals surface area contributed by atoms with Crippen LogP contribution in [0.15, 0.2) is 18.2 Å². The lowest BCUT2D eigenvalue weighted by molar-refractivity contribution is -0.383. The monoisotopic (exact) mass is 283 g/mol. The van der Waals surface area contributed by atoms with Gasteiger partial charge in [-0.3, -0.25) is 10.1 Å². The van der Waals surface area contributed by atoms with Gasteiger partial charge in [0.1, 0.15) is 5.69 Å². The number of likely N-dealkylation sites (tertiary alicyclic amines) is 1. The minimum atomic E-state index is -0.558. The van der Waals surface area contributed by atoms with Crippen molar-refractivity contribution >= 4 is 29.0 Å². The van der Waals surface area contributed by atoms with Crippen LogP contribution >= 0.6 is 11.6 Å². The maximum Gasteiger partial charge on any atom is 0.322 e. The average molecular weight is 284 g/mol. The number of nitro groups is 1. The van der Waals surface area contributed by atoms with Gasteiger partial charge in [-0.2, -0.15) is 0 Å². The summed E-state index contributed by atoms with van der Waals surface area (Å²) in [5.41, 5.74) is -0.0252. The molecule has 1 aromatic carbocycles. The lowest BCUT2D eigenvalue weighted by Crippen LogP contribution is -2.38. The first-order valence-corrected chi connectivity index (χ1v) is 6.45. The molecular formula is C12H14ClN3O3. The van der Waals surface area contributed by atoms with E-state index in [9.17, 15) is 14.9 Å². The lowest BCUT2D eigenvalue weighted by Gasteiger charge is -2.26. The van der Waals surface area contributed by atoms with Gasteiger partial charge in [-0.1, -0.05) is 11.6 Å². The molecule has 0 aliphatic carbocycles. The number of amides is 2. The van der Waals surface area contributed by atoms with Crippen LogP contribution < -0.4 is 5.32 Å². The number of nitro benzene ring substituents is 1. The molecule has 2 rings (SSSR count). The molecule has 0 saturated carbocycles. The molecule has 7 heteroatoms. The summed E-state index contributed by atoms with van der Waals surface area (Å²) < 4.78 is 0. The molecule has 1 saturated heterocycles. The summed E-state index contributed by atoms with van der Waals surface area (Å²) in [5.74, 6) is 0. The number of carbonyl (C=O) groups is 1. The van der Waals surface area contributed by atoms with Gasteiger partial charge in [-0.15, -0.1) is 0 Å². The second kappa shape index (κ2) is 5.88. The van der Waals surface area contributed by atoms with Gasteiger partial charge in [0.05, 0.1) is 4.92 Å². The molecule has 0 unspecified atom stereocenters. The van der Waals surface area contributed by atoms with E-state index >= 15 is 0 Å². The van der Waals surface area contributed by atoms with Crippen molar-refractivity contribution in [2.75, 3.05) is 18.4 Å². The number of benzene rings is 1. The van der Waals surface area contributed by atoms with Gasteiger partial charge in [0.25, 0.3) is 5.69 Å². The van der Waals surface area contributed by atoms with E-state index in [1.165, 1.54) is 18.2 Å². The number of halogens is 1. The topological polar surface area (TPSA) is 75.5 Å². The van der Waals surface area contributed by atoms with E-state index in [-0.39, 0.29) is 22.4 Å². The number of hydrogen-bond acceptors (Lipinski definition) is 3. The molecule has 19 heavy (non-hydrogen) atoms. The van der Waals surface area contributed by atoms with E-state index in [1.807, 2.05) is 0 Å². The summed E-state index contributed by atoms with van der Waals surface area (Å²) in [6.07, 6.45) is 3.05. The highest BCUT2D eigenvalue weighted by atomic mass is 35.5. The highest BCUT2D eigenvalue weighted by Crippen LogP contribution is 2.28. The molecule has 0 atom stereocenters. The second-order valence-electron chi connectivity index (χ2n) is 4.40. The zero-order valence-electron chi connectivity index (χ0n) is 10.3. The van der Waals surface area contributed by atoms with Crippen LogP contribution in [0.4, 0.5) is 16.2 Å². The first-order valence-electron chi connectivity index (χ1n) is 6.08. The number of nitrogens with one attached hydrogen (secondary N) is 1. The predicted octanol–water partition coefficient (Wildman–Crippen LogP) is 3.27. The molecule has 0 spiro atoms. The van der Waals surface area contributed by atoms with E-state index < -0.39 is 4.92 Å². The van der Waals surface area contributed by atoms with Crippen LogP contribution in [-0.2, 0) is 0 Å². The van der Waals surface area contributed by atoms with Gasteiger partial charge in [0, 0.05) is 24.2 Å². The number of piperidine rings is 1. The number of urea groups is 1. The van der Waals surface area contributed by atoms with Crippen LogP contribution in [0.3, 0.4) is 0 Å². The van der Waals surface area contributed by atoms with Crippen molar-refractivity contribution in [3.63, 3.8) is 0 Å². The second-order valence-corrected chi connectivity index (χ2v) is 4.83. The van der Waals surface area contributed by atoms with E-state index in [0.29, 0.717) is 13.1 Å². The fraction of sp³-hybridized carbons (Fsp3) is 0.417. The van der Waals surface area contributed by atoms with Gasteiger partial charge in [0.15, 0.2) is 0 Å². The van der Waals surface area contributed by atoms with Crippen LogP contribution in [0.5, 0.6) is 0 Å². The van der Waals surface area contributed by atoms with E-state index in [0.717, 1.165) is 19.3 Å². The van der Waals surface area contributed by atoms with Crippen molar-refractivity contribution in [3.8, 4) is 0 Å². The molecule has 0 radical (unpaired) electrons. The molecule has 0 aromatic heterocycles. The Morgan fingerprint density at radius 3 is 2.63 bits per heavy atom. The Labute approximate surface area is 115 Å². The molecule has 6 nitrogen and oxygen atoms in total. The quantitative estimate of drug-likeness (QED) is 0.668. The summed E-state index contributed by atoms with van der Waals surface area (Å²) in [5, 5.41) is 13.8. The molecule has 1 N–H and O–H groups in total. The minimum absolute atomic E-state index is 0.171. The molecule has 102 valence electrons. The first-order chi connectivity index (χ1) is 9.08. The van der Waals surface area contributed by atoms with Crippen molar-refractivity contribution in [3.05, 3.63) is 33.3 Å². The van der Waals surface area contributed by atoms with Crippen molar-refractivity contribution < 1.29 is 9.72 Å². The highest BCUT2D eigenvalue weighted by Gasteiger charge is 2.20. The highest BCUT2D eigenvalue weighted by molar-refractivity contribution is 6.31. The zero-order valence-corrected chi connectivity index (χ0v) is 11.0. The third-order valence-electron chi connectivity index (χ3n) is 3.04. The number of rotatable bonds is 2. The lowest BCUT2D eigenvalue weighted by atomic mass is 10.1. The maximum absolute atomic E-state index is 12.0. The number of nitrogens with zero attached hydrogens (tertiary/aromatic N) is 2. The molecule has 1 aliphatic heterocycles. The molecule has 1 heterocycles. The molecular weight excluding hydrogens is 270 g/mol. The van der Waals surface area contributed by atoms with Crippen molar-refractivity contribution in [1.29, 1.82) is 0 Å². The summed E-state index contributed by atoms with van der Waals surface area (Å²) in [4.78, 5) is 24.0. The number of hydrogen-bond donors (Lipinski definition) is 1. The van der Waals surface area contributed by atoms with Crippen LogP contribution in [0.1, 0.15) is 19.3 Å². The van der Waals surface area contributed by atoms with Gasteiger partial charge in [0.2, 0.25) is 0 Å². The Morgan fingerprint density at radius 2 is 2.00 bits per heavy atom. The van der Waals surface area contributed by atoms with Crippen LogP contribution in [-0.4, -0.2) is 28.9 Å². The summed E-state index contributed by atoms with van der Waals surface area (Å²) in [6, 6.07) is 3.89. The molecule has 2 amide bonds. The molecule has 0 bridgehead atoms. The van der Waals surface area contributed by atoms with Crippen LogP contribution in [0, 0.1) is 10.1 Å². The largest absolute Gasteiger partial charge is 0.325 e. The van der Waals surface area contributed by atoms with E-state index in [4.69, 9.17) is 11.6 Å². The minimum Gasteiger partial charge on any atom is -0.325 e. The van der Waals surface area contributed by atoms with Crippen molar-refractivity contribution in [1.82, 2.24) is 4.90 Å². The Morgan fingerprint density at radius 1 is 1.32 bits per heavy atom. The Balaban J connectivity index is 2.13. The maximum atomic E-state index is 12.0. The predicted molar refractivity (Wildman–Crippen MR) is 72.5 cm³/mol. The smallest absolute Gasteiger partial charge is 0.322 e. The Hall–Kier alpha value is -1.82. The fourth-order valence-corrected chi connectivity index (χ4v) is 2.22. The molecule has 1 aliphatic rings. The zero-order chi connectivity index (χ0) is 13.8. The summed E-state index contributed by atoms with van der Waals surface area (Å²) in [6.45, 7) is 1.38. The number of carbonyl (C=O) groups excluding carboxylic acids is 1. The van der Waals surface area contributed by atoms with E-state index in [2.05, 4.69) is 5.32 Å². The third-order valence-corrected chi connectivity index (χ3v) is 3.28. The van der Waals surface area contributed by atoms with Gasteiger partial charge in [-0.25, -0.2) is 4.79 Å². The van der Waals surface area contributed by atoms with Crippen LogP contribution in [0.2, 0.25) is 5.02 Å². The summed E-state index contributed by atoms with van der Waals surface area (Å²) in [7, 11) is 0. The van der Waals surface area contributed by atoms with Crippen molar-refractivity contribution in [2.45, 2.75) is 19.3 Å². The van der Waals surface area contributed by atoms with E-state index in [1.54, 1.807) is 4.90 Å². The Kier molecular flexibility index (Phi) is 4.21. The standard InChI is InChI=1S/C12H14ClN3O3/c13-9-4-5-10(11(8-9)16(18)19)14-12(17)15-6-2-1-3-7-15/h4-5,8H,1-3,6-7H2,(H,14,17). The number of anilines is 1. The molecule has 1 fully saturated rings.